The summed E-state index contributed by atoms with van der Waals surface area (Å²) in [5, 5.41) is 18.9. The Labute approximate surface area is 126 Å². The number of ketones is 1. The van der Waals surface area contributed by atoms with Crippen molar-refractivity contribution in [2.75, 3.05) is 13.7 Å². The highest BCUT2D eigenvalue weighted by Gasteiger charge is 2.50. The van der Waals surface area contributed by atoms with Gasteiger partial charge in [0.25, 0.3) is 0 Å². The highest BCUT2D eigenvalue weighted by molar-refractivity contribution is 6.06. The summed E-state index contributed by atoms with van der Waals surface area (Å²) in [7, 11) is 1.12. The van der Waals surface area contributed by atoms with Gasteiger partial charge in [-0.3, -0.25) is 9.59 Å². The number of hydrogen-bond donors (Lipinski definition) is 2. The highest BCUT2D eigenvalue weighted by Crippen LogP contribution is 2.37. The van der Waals surface area contributed by atoms with Crippen LogP contribution in [0, 0.1) is 0 Å². The Kier molecular flexibility index (Phi) is 3.89. The van der Waals surface area contributed by atoms with Gasteiger partial charge in [-0.1, -0.05) is 0 Å². The van der Waals surface area contributed by atoms with E-state index in [0.29, 0.717) is 0 Å². The zero-order valence-electron chi connectivity index (χ0n) is 11.4. The van der Waals surface area contributed by atoms with Crippen LogP contribution in [0.3, 0.4) is 0 Å². The molecule has 0 saturated heterocycles. The van der Waals surface area contributed by atoms with Gasteiger partial charge in [0.1, 0.15) is 0 Å². The molecule has 0 fully saturated rings. The molecule has 23 heavy (non-hydrogen) atoms. The molecule has 0 radical (unpaired) electrons. The molecule has 1 unspecified atom stereocenters. The number of carboxylic acids is 1. The standard InChI is InChI=1S/C12H9F3N2O6/c1-23-6-2-4-7(9(19)16-6)5(18)3-17(8(4)10(20)21)11(22)12(13,14)15/h2,8H,3H2,1H3,(H,16,19)(H,20,21). The van der Waals surface area contributed by atoms with Gasteiger partial charge in [0.2, 0.25) is 11.8 Å². The number of methoxy groups -OCH3 is 1. The fraction of sp³-hybridized carbons (Fsp3) is 0.333. The summed E-state index contributed by atoms with van der Waals surface area (Å²) in [4.78, 5) is 38.0. The average molecular weight is 334 g/mol. The summed E-state index contributed by atoms with van der Waals surface area (Å²) in [6.45, 7) is -1.15. The number of nitrogens with zero attached hydrogens (tertiary/aromatic N) is 2. The second-order valence-corrected chi connectivity index (χ2v) is 4.55. The van der Waals surface area contributed by atoms with Crippen molar-refractivity contribution in [1.29, 1.82) is 0 Å². The fourth-order valence-corrected chi connectivity index (χ4v) is 2.24. The maximum atomic E-state index is 12.6. The van der Waals surface area contributed by atoms with Gasteiger partial charge in [0.05, 0.1) is 19.2 Å². The third-order valence-corrected chi connectivity index (χ3v) is 3.15. The van der Waals surface area contributed by atoms with E-state index in [9.17, 15) is 37.8 Å². The predicted octanol–water partition coefficient (Wildman–Crippen LogP) is 0.509. The number of carbonyl (C=O) groups is 3. The Balaban J connectivity index is 2.66. The molecule has 1 atom stereocenters. The van der Waals surface area contributed by atoms with Crippen molar-refractivity contribution in [3.63, 3.8) is 0 Å². The number of alkyl halides is 3. The number of fused-ring (bicyclic) bond motifs is 1. The van der Waals surface area contributed by atoms with Crippen LogP contribution in [-0.4, -0.2) is 57.6 Å². The normalized spacial score (nSPS) is 17.7. The third-order valence-electron chi connectivity index (χ3n) is 3.15. The monoisotopic (exact) mass is 334 g/mol. The van der Waals surface area contributed by atoms with Crippen molar-refractivity contribution in [2.24, 2.45) is 0 Å². The van der Waals surface area contributed by atoms with Gasteiger partial charge in [-0.2, -0.15) is 18.2 Å². The van der Waals surface area contributed by atoms with E-state index in [4.69, 9.17) is 0 Å². The first kappa shape index (κ1) is 16.5. The number of carboxylic acid groups (broad SMARTS) is 1. The topological polar surface area (TPSA) is 117 Å². The summed E-state index contributed by atoms with van der Waals surface area (Å²) in [5.41, 5.74) is -1.06. The van der Waals surface area contributed by atoms with E-state index < -0.39 is 53.4 Å². The van der Waals surface area contributed by atoms with Crippen LogP contribution in [0.1, 0.15) is 22.0 Å². The molecule has 1 aliphatic rings. The first-order valence-corrected chi connectivity index (χ1v) is 5.99. The summed E-state index contributed by atoms with van der Waals surface area (Å²) in [6.07, 6.45) is -5.36. The van der Waals surface area contributed by atoms with Crippen LogP contribution in [0.15, 0.2) is 6.07 Å². The molecule has 0 spiro atoms. The lowest BCUT2D eigenvalue weighted by Gasteiger charge is -2.34. The quantitative estimate of drug-likeness (QED) is 0.809. The van der Waals surface area contributed by atoms with E-state index in [2.05, 4.69) is 9.72 Å². The molecule has 8 nitrogen and oxygen atoms in total. The van der Waals surface area contributed by atoms with Crippen LogP contribution in [0.4, 0.5) is 13.2 Å². The van der Waals surface area contributed by atoms with Crippen molar-refractivity contribution < 1.29 is 42.5 Å². The number of rotatable bonds is 2. The molecule has 1 aromatic heterocycles. The SMILES string of the molecule is COc1cc2c(c(O)n1)C(=O)CN(C(=O)C(F)(F)F)C2C(=O)O. The molecular formula is C12H9F3N2O6. The predicted molar refractivity (Wildman–Crippen MR) is 64.9 cm³/mol. The van der Waals surface area contributed by atoms with Gasteiger partial charge in [0.15, 0.2) is 11.8 Å². The number of amides is 1. The minimum Gasteiger partial charge on any atom is -0.493 e. The van der Waals surface area contributed by atoms with E-state index in [1.54, 1.807) is 0 Å². The number of halogens is 3. The van der Waals surface area contributed by atoms with Crippen molar-refractivity contribution in [2.45, 2.75) is 12.2 Å². The van der Waals surface area contributed by atoms with Gasteiger partial charge >= 0.3 is 18.1 Å². The zero-order chi connectivity index (χ0) is 17.5. The maximum Gasteiger partial charge on any atom is 0.471 e. The summed E-state index contributed by atoms with van der Waals surface area (Å²) in [5.74, 6) is -6.54. The van der Waals surface area contributed by atoms with Crippen molar-refractivity contribution in [1.82, 2.24) is 9.88 Å². The maximum absolute atomic E-state index is 12.6. The third kappa shape index (κ3) is 2.76. The Bertz CT molecular complexity index is 703. The lowest BCUT2D eigenvalue weighted by molar-refractivity contribution is -0.189. The fourth-order valence-electron chi connectivity index (χ4n) is 2.24. The van der Waals surface area contributed by atoms with Gasteiger partial charge < -0.3 is 19.8 Å². The molecule has 0 aliphatic carbocycles. The first-order chi connectivity index (χ1) is 10.6. The largest absolute Gasteiger partial charge is 0.493 e. The summed E-state index contributed by atoms with van der Waals surface area (Å²) >= 11 is 0. The number of carbonyl (C=O) groups excluding carboxylic acids is 2. The van der Waals surface area contributed by atoms with Gasteiger partial charge in [-0.25, -0.2) is 4.79 Å². The van der Waals surface area contributed by atoms with Gasteiger partial charge in [-0.15, -0.1) is 0 Å². The zero-order valence-corrected chi connectivity index (χ0v) is 11.4. The number of aliphatic carboxylic acids is 1. The average Bonchev–Trinajstić information content (AvgIpc) is 2.43. The van der Waals surface area contributed by atoms with E-state index in [1.807, 2.05) is 0 Å². The molecule has 1 aromatic rings. The molecule has 0 saturated carbocycles. The summed E-state index contributed by atoms with van der Waals surface area (Å²) in [6, 6.07) is -1.22. The van der Waals surface area contributed by atoms with Crippen LogP contribution in [0.2, 0.25) is 0 Å². The second kappa shape index (κ2) is 5.41. The van der Waals surface area contributed by atoms with Crippen LogP contribution >= 0.6 is 0 Å². The Morgan fingerprint density at radius 1 is 1.43 bits per heavy atom. The van der Waals surface area contributed by atoms with E-state index in [1.165, 1.54) is 0 Å². The van der Waals surface area contributed by atoms with E-state index in [0.717, 1.165) is 13.2 Å². The molecule has 11 heteroatoms. The smallest absolute Gasteiger partial charge is 0.471 e. The number of aromatic hydroxyl groups is 1. The molecule has 2 heterocycles. The molecular weight excluding hydrogens is 325 g/mol. The van der Waals surface area contributed by atoms with E-state index in [-0.39, 0.29) is 10.8 Å². The molecule has 0 aromatic carbocycles. The number of aromatic nitrogens is 1. The van der Waals surface area contributed by atoms with Crippen LogP contribution in [0.25, 0.3) is 0 Å². The molecule has 2 rings (SSSR count). The summed E-state index contributed by atoms with van der Waals surface area (Å²) < 4.78 is 42.5. The van der Waals surface area contributed by atoms with Gasteiger partial charge in [0, 0.05) is 11.6 Å². The molecule has 1 amide bonds. The lowest BCUT2D eigenvalue weighted by atomic mass is 9.92. The minimum atomic E-state index is -5.36. The number of Topliss-reactive ketones (excluding diaryl/α,β-unsaturated/α-hetero) is 1. The second-order valence-electron chi connectivity index (χ2n) is 4.55. The van der Waals surface area contributed by atoms with Crippen molar-refractivity contribution in [3.05, 3.63) is 17.2 Å². The Morgan fingerprint density at radius 2 is 2.04 bits per heavy atom. The van der Waals surface area contributed by atoms with Crippen LogP contribution < -0.4 is 4.74 Å². The Hall–Kier alpha value is -2.85. The molecule has 2 N–H and O–H groups in total. The van der Waals surface area contributed by atoms with Crippen LogP contribution in [-0.2, 0) is 9.59 Å². The van der Waals surface area contributed by atoms with Crippen molar-refractivity contribution >= 4 is 17.7 Å². The van der Waals surface area contributed by atoms with Crippen molar-refractivity contribution in [3.8, 4) is 11.8 Å². The minimum absolute atomic E-state index is 0.119. The lowest BCUT2D eigenvalue weighted by Crippen LogP contribution is -2.50. The van der Waals surface area contributed by atoms with Gasteiger partial charge in [-0.05, 0) is 0 Å². The number of hydrogen-bond acceptors (Lipinski definition) is 6. The molecule has 1 aliphatic heterocycles. The first-order valence-electron chi connectivity index (χ1n) is 5.99. The number of pyridine rings is 1. The highest BCUT2D eigenvalue weighted by atomic mass is 19.4. The van der Waals surface area contributed by atoms with Crippen LogP contribution in [0.5, 0.6) is 11.8 Å². The van der Waals surface area contributed by atoms with E-state index >= 15 is 0 Å². The number of ether oxygens (including phenoxy) is 1. The molecule has 0 bridgehead atoms. The Morgan fingerprint density at radius 3 is 2.52 bits per heavy atom. The molecule has 124 valence electrons.